The largest absolute Gasteiger partial charge is 0.383 e. The normalized spacial score (nSPS) is 20.4. The van der Waals surface area contributed by atoms with Gasteiger partial charge in [-0.05, 0) is 34.8 Å². The minimum absolute atomic E-state index is 0.0589. The van der Waals surface area contributed by atoms with Gasteiger partial charge in [0.15, 0.2) is 0 Å². The quantitative estimate of drug-likeness (QED) is 0.744. The van der Waals surface area contributed by atoms with Crippen molar-refractivity contribution in [2.45, 2.75) is 46.0 Å². The minimum Gasteiger partial charge on any atom is -0.383 e. The first-order chi connectivity index (χ1) is 7.77. The van der Waals surface area contributed by atoms with E-state index in [1.807, 2.05) is 6.20 Å². The number of aromatic nitrogens is 1. The molecule has 0 spiro atoms. The Balaban J connectivity index is 2.71. The van der Waals surface area contributed by atoms with Gasteiger partial charge >= 0.3 is 0 Å². The fourth-order valence-electron chi connectivity index (χ4n) is 3.29. The molecule has 0 saturated carbocycles. The topological polar surface area (TPSA) is 62.7 Å². The van der Waals surface area contributed by atoms with Crippen molar-refractivity contribution < 1.29 is 0 Å². The molecule has 1 aliphatic rings. The lowest BCUT2D eigenvalue weighted by Crippen LogP contribution is -2.35. The van der Waals surface area contributed by atoms with Gasteiger partial charge < -0.3 is 5.73 Å². The van der Waals surface area contributed by atoms with E-state index in [9.17, 15) is 5.26 Å². The average molecular weight is 229 g/mol. The molecule has 0 bridgehead atoms. The monoisotopic (exact) mass is 229 g/mol. The van der Waals surface area contributed by atoms with Crippen LogP contribution in [0.4, 0.5) is 5.82 Å². The standard InChI is InChI=1S/C14H19N3/c1-13(2)5-9-10(6-15)12(16)17-7-11(9)14(3,4)8-13/h7H,5,8H2,1-4H3,(H2,16,17). The zero-order valence-corrected chi connectivity index (χ0v) is 11.0. The molecule has 0 aliphatic heterocycles. The maximum absolute atomic E-state index is 9.24. The number of hydrogen-bond donors (Lipinski definition) is 1. The number of fused-ring (bicyclic) bond motifs is 1. The zero-order chi connectivity index (χ0) is 12.8. The summed E-state index contributed by atoms with van der Waals surface area (Å²) in [5.41, 5.74) is 8.92. The number of hydrogen-bond acceptors (Lipinski definition) is 3. The third kappa shape index (κ3) is 1.88. The van der Waals surface area contributed by atoms with Gasteiger partial charge in [-0.25, -0.2) is 4.98 Å². The molecule has 17 heavy (non-hydrogen) atoms. The van der Waals surface area contributed by atoms with Gasteiger partial charge in [-0.15, -0.1) is 0 Å². The van der Waals surface area contributed by atoms with Gasteiger partial charge in [-0.1, -0.05) is 27.7 Å². The van der Waals surface area contributed by atoms with Crippen molar-refractivity contribution in [2.75, 3.05) is 5.73 Å². The maximum Gasteiger partial charge on any atom is 0.141 e. The molecule has 0 atom stereocenters. The molecular formula is C14H19N3. The van der Waals surface area contributed by atoms with Crippen molar-refractivity contribution in [2.24, 2.45) is 5.41 Å². The Bertz CT molecular complexity index is 507. The fraction of sp³-hybridized carbons (Fsp3) is 0.571. The summed E-state index contributed by atoms with van der Waals surface area (Å²) in [6.07, 6.45) is 3.85. The van der Waals surface area contributed by atoms with Crippen LogP contribution in [-0.4, -0.2) is 4.98 Å². The minimum atomic E-state index is 0.0589. The molecule has 0 saturated heterocycles. The van der Waals surface area contributed by atoms with Gasteiger partial charge in [0.1, 0.15) is 11.9 Å². The van der Waals surface area contributed by atoms with Crippen LogP contribution in [-0.2, 0) is 11.8 Å². The van der Waals surface area contributed by atoms with Crippen LogP contribution in [0, 0.1) is 16.7 Å². The van der Waals surface area contributed by atoms with E-state index < -0.39 is 0 Å². The van der Waals surface area contributed by atoms with E-state index in [4.69, 9.17) is 5.73 Å². The van der Waals surface area contributed by atoms with Crippen LogP contribution in [0.25, 0.3) is 0 Å². The molecule has 1 aromatic heterocycles. The van der Waals surface area contributed by atoms with Crippen molar-refractivity contribution in [3.8, 4) is 6.07 Å². The van der Waals surface area contributed by atoms with E-state index in [1.54, 1.807) is 0 Å². The number of rotatable bonds is 0. The van der Waals surface area contributed by atoms with Crippen LogP contribution in [0.1, 0.15) is 50.8 Å². The van der Waals surface area contributed by atoms with Crippen LogP contribution in [0.2, 0.25) is 0 Å². The van der Waals surface area contributed by atoms with Crippen LogP contribution < -0.4 is 5.73 Å². The van der Waals surface area contributed by atoms with Gasteiger partial charge in [0.25, 0.3) is 0 Å². The second-order valence-electron chi connectivity index (χ2n) is 6.42. The molecule has 3 heteroatoms. The second kappa shape index (κ2) is 3.46. The highest BCUT2D eigenvalue weighted by Crippen LogP contribution is 2.46. The van der Waals surface area contributed by atoms with E-state index >= 15 is 0 Å². The Morgan fingerprint density at radius 3 is 2.59 bits per heavy atom. The highest BCUT2D eigenvalue weighted by atomic mass is 14.8. The Hall–Kier alpha value is -1.56. The predicted molar refractivity (Wildman–Crippen MR) is 68.5 cm³/mol. The number of nitrogens with two attached hydrogens (primary N) is 1. The third-order valence-electron chi connectivity index (χ3n) is 3.63. The summed E-state index contributed by atoms with van der Waals surface area (Å²) in [4.78, 5) is 4.16. The third-order valence-corrected chi connectivity index (χ3v) is 3.63. The molecular weight excluding hydrogens is 210 g/mol. The van der Waals surface area contributed by atoms with Crippen LogP contribution >= 0.6 is 0 Å². The maximum atomic E-state index is 9.24. The van der Waals surface area contributed by atoms with Crippen molar-refractivity contribution in [1.29, 1.82) is 5.26 Å². The van der Waals surface area contributed by atoms with E-state index in [1.165, 1.54) is 5.56 Å². The lowest BCUT2D eigenvalue weighted by Gasteiger charge is -2.42. The first-order valence-electron chi connectivity index (χ1n) is 5.95. The van der Waals surface area contributed by atoms with Gasteiger partial charge in [0, 0.05) is 6.20 Å². The van der Waals surface area contributed by atoms with Gasteiger partial charge in [0.05, 0.1) is 5.56 Å². The highest BCUT2D eigenvalue weighted by Gasteiger charge is 2.39. The number of anilines is 1. The number of nitrogens with zero attached hydrogens (tertiary/aromatic N) is 2. The molecule has 2 N–H and O–H groups in total. The molecule has 0 amide bonds. The molecule has 1 heterocycles. The molecule has 90 valence electrons. The Kier molecular flexibility index (Phi) is 2.43. The van der Waals surface area contributed by atoms with Gasteiger partial charge in [-0.2, -0.15) is 5.26 Å². The van der Waals surface area contributed by atoms with Crippen molar-refractivity contribution in [3.63, 3.8) is 0 Å². The smallest absolute Gasteiger partial charge is 0.141 e. The summed E-state index contributed by atoms with van der Waals surface area (Å²) in [5, 5.41) is 9.24. The molecule has 3 nitrogen and oxygen atoms in total. The summed E-state index contributed by atoms with van der Waals surface area (Å²) >= 11 is 0. The van der Waals surface area contributed by atoms with Crippen molar-refractivity contribution in [3.05, 3.63) is 22.9 Å². The first-order valence-corrected chi connectivity index (χ1v) is 5.95. The van der Waals surface area contributed by atoms with Crippen LogP contribution in [0.15, 0.2) is 6.20 Å². The Morgan fingerprint density at radius 2 is 2.00 bits per heavy atom. The number of nitrogen functional groups attached to an aromatic ring is 1. The van der Waals surface area contributed by atoms with E-state index in [-0.39, 0.29) is 10.8 Å². The van der Waals surface area contributed by atoms with Crippen molar-refractivity contribution >= 4 is 5.82 Å². The van der Waals surface area contributed by atoms with Gasteiger partial charge in [-0.3, -0.25) is 0 Å². The molecule has 1 aromatic rings. The number of pyridine rings is 1. The highest BCUT2D eigenvalue weighted by molar-refractivity contribution is 5.57. The summed E-state index contributed by atoms with van der Waals surface area (Å²) < 4.78 is 0. The van der Waals surface area contributed by atoms with Gasteiger partial charge in [0.2, 0.25) is 0 Å². The van der Waals surface area contributed by atoms with Crippen molar-refractivity contribution in [1.82, 2.24) is 4.98 Å². The van der Waals surface area contributed by atoms with E-state index in [2.05, 4.69) is 38.7 Å². The van der Waals surface area contributed by atoms with Crippen LogP contribution in [0.3, 0.4) is 0 Å². The summed E-state index contributed by atoms with van der Waals surface area (Å²) in [5.74, 6) is 0.361. The molecule has 1 aliphatic carbocycles. The van der Waals surface area contributed by atoms with E-state index in [0.717, 1.165) is 18.4 Å². The SMILES string of the molecule is CC1(C)Cc2c(cnc(N)c2C#N)C(C)(C)C1. The molecule has 0 radical (unpaired) electrons. The summed E-state index contributed by atoms with van der Waals surface area (Å²) in [6, 6.07) is 2.21. The fourth-order valence-corrected chi connectivity index (χ4v) is 3.29. The summed E-state index contributed by atoms with van der Waals surface area (Å²) in [6.45, 7) is 8.92. The predicted octanol–water partition coefficient (Wildman–Crippen LogP) is 2.79. The molecule has 2 rings (SSSR count). The lowest BCUT2D eigenvalue weighted by molar-refractivity contribution is 0.231. The molecule has 0 unspecified atom stereocenters. The average Bonchev–Trinajstić information content (AvgIpc) is 2.13. The second-order valence-corrected chi connectivity index (χ2v) is 6.42. The molecule has 0 aromatic carbocycles. The zero-order valence-electron chi connectivity index (χ0n) is 11.0. The first kappa shape index (κ1) is 11.9. The number of nitriles is 1. The Labute approximate surface area is 103 Å². The van der Waals surface area contributed by atoms with Crippen LogP contribution in [0.5, 0.6) is 0 Å². The van der Waals surface area contributed by atoms with E-state index in [0.29, 0.717) is 11.4 Å². The molecule has 0 fully saturated rings. The lowest BCUT2D eigenvalue weighted by atomic mass is 9.62. The summed E-state index contributed by atoms with van der Waals surface area (Å²) in [7, 11) is 0. The Morgan fingerprint density at radius 1 is 1.35 bits per heavy atom.